The van der Waals surface area contributed by atoms with Crippen LogP contribution in [0, 0.1) is 0 Å². The van der Waals surface area contributed by atoms with Gasteiger partial charge in [-0.2, -0.15) is 0 Å². The van der Waals surface area contributed by atoms with Crippen molar-refractivity contribution in [1.82, 2.24) is 4.57 Å². The molecule has 5 heteroatoms. The molecule has 0 fully saturated rings. The number of nitrogens with zero attached hydrogens (tertiary/aromatic N) is 1. The summed E-state index contributed by atoms with van der Waals surface area (Å²) in [4.78, 5) is 26.0. The summed E-state index contributed by atoms with van der Waals surface area (Å²) in [6.45, 7) is 1.83. The zero-order chi connectivity index (χ0) is 24.1. The van der Waals surface area contributed by atoms with E-state index in [1.807, 2.05) is 103 Å². The van der Waals surface area contributed by atoms with Crippen molar-refractivity contribution in [3.63, 3.8) is 0 Å². The molecule has 0 saturated heterocycles. The number of aryl methyl sites for hydroxylation is 1. The average Bonchev–Trinajstić information content (AvgIpc) is 3.17. The van der Waals surface area contributed by atoms with Crippen molar-refractivity contribution in [2.45, 2.75) is 6.92 Å². The van der Waals surface area contributed by atoms with Gasteiger partial charge in [0.05, 0.1) is 17.8 Å². The normalized spacial score (nSPS) is 11.3. The lowest BCUT2D eigenvalue weighted by Gasteiger charge is -2.16. The highest BCUT2D eigenvalue weighted by Gasteiger charge is 2.28. The number of rotatable bonds is 7. The fraction of sp³-hybridized carbons (Fsp3) is 0.103. The topological polar surface area (TPSA) is 68.5 Å². The Hall–Kier alpha value is -4.38. The van der Waals surface area contributed by atoms with Gasteiger partial charge in [0.15, 0.2) is 0 Å². The molecule has 1 heterocycles. The van der Waals surface area contributed by atoms with Crippen molar-refractivity contribution in [2.75, 3.05) is 6.61 Å². The van der Waals surface area contributed by atoms with E-state index in [1.54, 1.807) is 13.0 Å². The molecule has 0 aliphatic carbocycles. The highest BCUT2D eigenvalue weighted by atomic mass is 16.5. The number of hydrogen-bond donors (Lipinski definition) is 1. The predicted octanol–water partition coefficient (Wildman–Crippen LogP) is 5.71. The summed E-state index contributed by atoms with van der Waals surface area (Å²) in [6.07, 6.45) is 3.42. The van der Waals surface area contributed by atoms with E-state index in [1.165, 1.54) is 0 Å². The Morgan fingerprint density at radius 3 is 2.00 bits per heavy atom. The Balaban J connectivity index is 2.08. The highest BCUT2D eigenvalue weighted by Crippen LogP contribution is 2.33. The van der Waals surface area contributed by atoms with Gasteiger partial charge in [-0.05, 0) is 30.2 Å². The van der Waals surface area contributed by atoms with Crippen molar-refractivity contribution >= 4 is 34.5 Å². The number of fused-ring (bicyclic) bond motifs is 1. The Bertz CT molecular complexity index is 1350. The summed E-state index contributed by atoms with van der Waals surface area (Å²) in [6, 6.07) is 26.4. The van der Waals surface area contributed by atoms with E-state index in [4.69, 9.17) is 4.74 Å². The maximum atomic E-state index is 13.3. The molecule has 0 amide bonds. The standard InChI is InChI=1S/C29H25NO4/c1-3-34-29(33)27(26(20-12-6-4-7-13-20)21-14-8-5-9-15-21)24(28(31)32)18-22-19-30(2)25-17-11-10-16-23(22)25/h4-19H,3H2,1-2H3,(H,31,32). The van der Waals surface area contributed by atoms with Gasteiger partial charge in [-0.15, -0.1) is 0 Å². The summed E-state index contributed by atoms with van der Waals surface area (Å²) in [5.41, 5.74) is 3.51. The van der Waals surface area contributed by atoms with Crippen LogP contribution in [0.4, 0.5) is 0 Å². The Kier molecular flexibility index (Phi) is 6.74. The van der Waals surface area contributed by atoms with E-state index >= 15 is 0 Å². The first-order chi connectivity index (χ1) is 16.5. The van der Waals surface area contributed by atoms with E-state index in [2.05, 4.69) is 0 Å². The Labute approximate surface area is 198 Å². The fourth-order valence-corrected chi connectivity index (χ4v) is 4.10. The molecule has 170 valence electrons. The molecule has 0 bridgehead atoms. The lowest BCUT2D eigenvalue weighted by Crippen LogP contribution is -2.17. The number of hydrogen-bond acceptors (Lipinski definition) is 3. The van der Waals surface area contributed by atoms with Crippen LogP contribution in [-0.4, -0.2) is 28.2 Å². The number of aliphatic carboxylic acids is 1. The third kappa shape index (κ3) is 4.55. The smallest absolute Gasteiger partial charge is 0.339 e. The molecule has 4 rings (SSSR count). The minimum atomic E-state index is -1.21. The van der Waals surface area contributed by atoms with E-state index < -0.39 is 11.9 Å². The molecular weight excluding hydrogens is 426 g/mol. The number of esters is 1. The third-order valence-electron chi connectivity index (χ3n) is 5.58. The number of carbonyl (C=O) groups excluding carboxylic acids is 1. The second-order valence-electron chi connectivity index (χ2n) is 7.78. The minimum Gasteiger partial charge on any atom is -0.478 e. The van der Waals surface area contributed by atoms with Gasteiger partial charge in [-0.25, -0.2) is 9.59 Å². The zero-order valence-electron chi connectivity index (χ0n) is 19.1. The molecule has 0 unspecified atom stereocenters. The van der Waals surface area contributed by atoms with Crippen LogP contribution in [0.1, 0.15) is 23.6 Å². The summed E-state index contributed by atoms with van der Waals surface area (Å²) in [5.74, 6) is -1.89. The predicted molar refractivity (Wildman–Crippen MR) is 134 cm³/mol. The van der Waals surface area contributed by atoms with Crippen molar-refractivity contribution in [3.05, 3.63) is 119 Å². The van der Waals surface area contributed by atoms with Crippen molar-refractivity contribution < 1.29 is 19.4 Å². The highest BCUT2D eigenvalue weighted by molar-refractivity contribution is 6.16. The lowest BCUT2D eigenvalue weighted by molar-refractivity contribution is -0.140. The number of benzene rings is 3. The quantitative estimate of drug-likeness (QED) is 0.222. The SMILES string of the molecule is CCOC(=O)C(C(=Cc1cn(C)c2ccccc12)C(=O)O)=C(c1ccccc1)c1ccccc1. The first-order valence-corrected chi connectivity index (χ1v) is 11.0. The number of para-hydroxylation sites is 1. The average molecular weight is 452 g/mol. The largest absolute Gasteiger partial charge is 0.478 e. The minimum absolute atomic E-state index is 0.0136. The van der Waals surface area contributed by atoms with Crippen LogP contribution in [0.3, 0.4) is 0 Å². The van der Waals surface area contributed by atoms with E-state index in [9.17, 15) is 14.7 Å². The Morgan fingerprint density at radius 2 is 1.44 bits per heavy atom. The van der Waals surface area contributed by atoms with Gasteiger partial charge in [0.1, 0.15) is 0 Å². The molecule has 5 nitrogen and oxygen atoms in total. The number of aromatic nitrogens is 1. The van der Waals surface area contributed by atoms with Crippen LogP contribution in [-0.2, 0) is 21.4 Å². The van der Waals surface area contributed by atoms with Crippen molar-refractivity contribution in [3.8, 4) is 0 Å². The van der Waals surface area contributed by atoms with Gasteiger partial charge in [0, 0.05) is 35.3 Å². The van der Waals surface area contributed by atoms with Gasteiger partial charge >= 0.3 is 11.9 Å². The van der Waals surface area contributed by atoms with Crippen LogP contribution in [0.5, 0.6) is 0 Å². The number of carbonyl (C=O) groups is 2. The maximum Gasteiger partial charge on any atom is 0.339 e. The second kappa shape index (κ2) is 10.0. The molecule has 1 aromatic heterocycles. The van der Waals surface area contributed by atoms with E-state index in [-0.39, 0.29) is 17.8 Å². The molecule has 0 aliphatic heterocycles. The van der Waals surface area contributed by atoms with Crippen LogP contribution < -0.4 is 0 Å². The molecule has 0 saturated carbocycles. The van der Waals surface area contributed by atoms with E-state index in [0.29, 0.717) is 11.1 Å². The van der Waals surface area contributed by atoms with Crippen LogP contribution >= 0.6 is 0 Å². The molecule has 1 N–H and O–H groups in total. The molecule has 0 radical (unpaired) electrons. The monoisotopic (exact) mass is 451 g/mol. The molecule has 34 heavy (non-hydrogen) atoms. The summed E-state index contributed by atoms with van der Waals surface area (Å²) in [5, 5.41) is 11.2. The van der Waals surface area contributed by atoms with Crippen LogP contribution in [0.2, 0.25) is 0 Å². The van der Waals surface area contributed by atoms with Gasteiger partial charge in [0.25, 0.3) is 0 Å². The van der Waals surface area contributed by atoms with Crippen LogP contribution in [0.25, 0.3) is 22.6 Å². The van der Waals surface area contributed by atoms with E-state index in [0.717, 1.165) is 22.0 Å². The first kappa shape index (κ1) is 22.8. The molecule has 0 atom stereocenters. The number of carboxylic acid groups (broad SMARTS) is 1. The molecule has 4 aromatic rings. The van der Waals surface area contributed by atoms with Gasteiger partial charge < -0.3 is 14.4 Å². The van der Waals surface area contributed by atoms with Crippen LogP contribution in [0.15, 0.2) is 102 Å². The fourth-order valence-electron chi connectivity index (χ4n) is 4.10. The van der Waals surface area contributed by atoms with Gasteiger partial charge in [-0.1, -0.05) is 78.9 Å². The second-order valence-corrected chi connectivity index (χ2v) is 7.78. The van der Waals surface area contributed by atoms with Gasteiger partial charge in [0.2, 0.25) is 0 Å². The van der Waals surface area contributed by atoms with Gasteiger partial charge in [-0.3, -0.25) is 0 Å². The maximum absolute atomic E-state index is 13.3. The number of carboxylic acids is 1. The Morgan fingerprint density at radius 1 is 0.882 bits per heavy atom. The molecule has 0 spiro atoms. The first-order valence-electron chi connectivity index (χ1n) is 11.0. The molecular formula is C29H25NO4. The van der Waals surface area contributed by atoms with Crippen molar-refractivity contribution in [2.24, 2.45) is 7.05 Å². The molecule has 0 aliphatic rings. The third-order valence-corrected chi connectivity index (χ3v) is 5.58. The summed E-state index contributed by atoms with van der Waals surface area (Å²) < 4.78 is 7.32. The molecule has 3 aromatic carbocycles. The number of ether oxygens (including phenoxy) is 1. The zero-order valence-corrected chi connectivity index (χ0v) is 19.1. The lowest BCUT2D eigenvalue weighted by atomic mass is 9.88. The summed E-state index contributed by atoms with van der Waals surface area (Å²) >= 11 is 0. The summed E-state index contributed by atoms with van der Waals surface area (Å²) in [7, 11) is 1.90. The van der Waals surface area contributed by atoms with Crippen molar-refractivity contribution in [1.29, 1.82) is 0 Å².